The van der Waals surface area contributed by atoms with Crippen LogP contribution in [0.5, 0.6) is 0 Å². The molecule has 0 saturated heterocycles. The van der Waals surface area contributed by atoms with Gasteiger partial charge in [0.15, 0.2) is 0 Å². The number of hydrogen-bond acceptors (Lipinski definition) is 2. The Kier molecular flexibility index (Phi) is 2.78. The molecule has 0 atom stereocenters. The topological polar surface area (TPSA) is 33.1 Å². The van der Waals surface area contributed by atoms with Crippen LogP contribution in [0.15, 0.2) is 12.3 Å². The van der Waals surface area contributed by atoms with Gasteiger partial charge in [-0.2, -0.15) is 4.39 Å². The summed E-state index contributed by atoms with van der Waals surface area (Å²) < 4.78 is 12.6. The summed E-state index contributed by atoms with van der Waals surface area (Å²) in [7, 11) is 0. The lowest BCUT2D eigenvalue weighted by atomic mass is 10.2. The summed E-state index contributed by atoms with van der Waals surface area (Å²) in [6, 6.07) is 1.59. The van der Waals surface area contributed by atoms with Crippen molar-refractivity contribution >= 4 is 0 Å². The molecule has 1 aromatic heterocycles. The smallest absolute Gasteiger partial charge is 0.215 e. The lowest BCUT2D eigenvalue weighted by molar-refractivity contribution is 0.350. The summed E-state index contributed by atoms with van der Waals surface area (Å²) in [5, 5.41) is 8.38. The summed E-state index contributed by atoms with van der Waals surface area (Å²) in [6.45, 7) is 1.42. The third kappa shape index (κ3) is 2.04. The van der Waals surface area contributed by atoms with Crippen molar-refractivity contribution in [2.45, 2.75) is 6.92 Å². The Morgan fingerprint density at radius 1 is 1.67 bits per heavy atom. The Hall–Kier alpha value is -1.40. The molecule has 12 heavy (non-hydrogen) atoms. The van der Waals surface area contributed by atoms with Gasteiger partial charge in [-0.05, 0) is 13.0 Å². The minimum Gasteiger partial charge on any atom is -0.384 e. The highest BCUT2D eigenvalue weighted by Gasteiger charge is 1.96. The largest absolute Gasteiger partial charge is 0.384 e. The van der Waals surface area contributed by atoms with Gasteiger partial charge in [0.05, 0.1) is 0 Å². The van der Waals surface area contributed by atoms with Crippen LogP contribution < -0.4 is 0 Å². The van der Waals surface area contributed by atoms with E-state index in [0.29, 0.717) is 11.1 Å². The fourth-order valence-electron chi connectivity index (χ4n) is 0.768. The molecule has 0 unspecified atom stereocenters. The third-order valence-corrected chi connectivity index (χ3v) is 1.33. The molecule has 0 radical (unpaired) electrons. The van der Waals surface area contributed by atoms with Crippen LogP contribution in [0, 0.1) is 24.7 Å². The predicted octanol–water partition coefficient (Wildman–Crippen LogP) is 0.873. The summed E-state index contributed by atoms with van der Waals surface area (Å²) in [5.41, 5.74) is 1.07. The molecule has 0 saturated carbocycles. The molecule has 0 fully saturated rings. The molecule has 0 aliphatic carbocycles. The maximum absolute atomic E-state index is 12.6. The van der Waals surface area contributed by atoms with Crippen molar-refractivity contribution < 1.29 is 9.50 Å². The van der Waals surface area contributed by atoms with Gasteiger partial charge >= 0.3 is 0 Å². The number of aromatic nitrogens is 1. The first-order valence-electron chi connectivity index (χ1n) is 3.46. The zero-order valence-corrected chi connectivity index (χ0v) is 6.63. The summed E-state index contributed by atoms with van der Waals surface area (Å²) in [4.78, 5) is 3.48. The normalized spacial score (nSPS) is 8.92. The molecule has 0 aliphatic rings. The van der Waals surface area contributed by atoms with Crippen LogP contribution in [0.3, 0.4) is 0 Å². The van der Waals surface area contributed by atoms with E-state index >= 15 is 0 Å². The van der Waals surface area contributed by atoms with E-state index in [4.69, 9.17) is 5.11 Å². The van der Waals surface area contributed by atoms with E-state index in [-0.39, 0.29) is 6.61 Å². The predicted molar refractivity (Wildman–Crippen MR) is 42.9 cm³/mol. The molecule has 1 N–H and O–H groups in total. The van der Waals surface area contributed by atoms with Gasteiger partial charge < -0.3 is 5.11 Å². The highest BCUT2D eigenvalue weighted by atomic mass is 19.1. The van der Waals surface area contributed by atoms with Gasteiger partial charge in [0.25, 0.3) is 0 Å². The first-order valence-corrected chi connectivity index (χ1v) is 3.46. The molecule has 0 spiro atoms. The fraction of sp³-hybridized carbons (Fsp3) is 0.222. The van der Waals surface area contributed by atoms with Gasteiger partial charge in [-0.25, -0.2) is 4.98 Å². The van der Waals surface area contributed by atoms with Gasteiger partial charge in [-0.3, -0.25) is 0 Å². The lowest BCUT2D eigenvalue weighted by Gasteiger charge is -1.94. The SMILES string of the molecule is Cc1cc(C#CCO)cnc1F. The minimum atomic E-state index is -0.482. The van der Waals surface area contributed by atoms with E-state index in [1.54, 1.807) is 13.0 Å². The number of nitrogens with zero attached hydrogens (tertiary/aromatic N) is 1. The quantitative estimate of drug-likeness (QED) is 0.457. The van der Waals surface area contributed by atoms with Crippen molar-refractivity contribution in [3.05, 3.63) is 29.3 Å². The van der Waals surface area contributed by atoms with Crippen molar-refractivity contribution in [1.29, 1.82) is 0 Å². The summed E-state index contributed by atoms with van der Waals surface area (Å²) in [5.74, 6) is 4.61. The van der Waals surface area contributed by atoms with Crippen molar-refractivity contribution in [3.63, 3.8) is 0 Å². The standard InChI is InChI=1S/C9H8FNO/c1-7-5-8(3-2-4-12)6-11-9(7)10/h5-6,12H,4H2,1H3. The van der Waals surface area contributed by atoms with E-state index in [0.717, 1.165) is 0 Å². The maximum Gasteiger partial charge on any atom is 0.215 e. The molecular formula is C9H8FNO. The van der Waals surface area contributed by atoms with Gasteiger partial charge in [0.2, 0.25) is 5.95 Å². The number of aliphatic hydroxyl groups is 1. The number of rotatable bonds is 0. The fourth-order valence-corrected chi connectivity index (χ4v) is 0.768. The molecule has 0 aromatic carbocycles. The second kappa shape index (κ2) is 3.84. The highest BCUT2D eigenvalue weighted by molar-refractivity contribution is 5.34. The van der Waals surface area contributed by atoms with Gasteiger partial charge in [0, 0.05) is 17.3 Å². The Morgan fingerprint density at radius 2 is 2.42 bits per heavy atom. The zero-order chi connectivity index (χ0) is 8.97. The molecule has 1 heterocycles. The average Bonchev–Trinajstić information content (AvgIpc) is 2.07. The Balaban J connectivity index is 2.97. The lowest BCUT2D eigenvalue weighted by Crippen LogP contribution is -1.89. The first kappa shape index (κ1) is 8.69. The molecule has 1 rings (SSSR count). The maximum atomic E-state index is 12.6. The Morgan fingerprint density at radius 3 is 3.00 bits per heavy atom. The van der Waals surface area contributed by atoms with E-state index < -0.39 is 5.95 Å². The van der Waals surface area contributed by atoms with Crippen molar-refractivity contribution in [1.82, 2.24) is 4.98 Å². The molecular weight excluding hydrogens is 157 g/mol. The second-order valence-electron chi connectivity index (χ2n) is 2.29. The van der Waals surface area contributed by atoms with Crippen molar-refractivity contribution in [2.24, 2.45) is 0 Å². The Bertz CT molecular complexity index is 338. The van der Waals surface area contributed by atoms with Crippen LogP contribution in [-0.4, -0.2) is 16.7 Å². The summed E-state index contributed by atoms with van der Waals surface area (Å²) in [6.07, 6.45) is 1.34. The van der Waals surface area contributed by atoms with E-state index in [9.17, 15) is 4.39 Å². The minimum absolute atomic E-state index is 0.198. The molecule has 0 bridgehead atoms. The van der Waals surface area contributed by atoms with E-state index in [1.165, 1.54) is 6.20 Å². The summed E-state index contributed by atoms with van der Waals surface area (Å²) >= 11 is 0. The molecule has 62 valence electrons. The van der Waals surface area contributed by atoms with Crippen LogP contribution in [0.25, 0.3) is 0 Å². The molecule has 0 amide bonds. The Labute approximate surface area is 70.1 Å². The van der Waals surface area contributed by atoms with Crippen LogP contribution in [0.2, 0.25) is 0 Å². The third-order valence-electron chi connectivity index (χ3n) is 1.33. The molecule has 3 heteroatoms. The van der Waals surface area contributed by atoms with Crippen molar-refractivity contribution in [2.75, 3.05) is 6.61 Å². The molecule has 1 aromatic rings. The van der Waals surface area contributed by atoms with Crippen LogP contribution in [0.4, 0.5) is 4.39 Å². The van der Waals surface area contributed by atoms with Gasteiger partial charge in [-0.1, -0.05) is 11.8 Å². The van der Waals surface area contributed by atoms with Crippen molar-refractivity contribution in [3.8, 4) is 11.8 Å². The zero-order valence-electron chi connectivity index (χ0n) is 6.63. The second-order valence-corrected chi connectivity index (χ2v) is 2.29. The van der Waals surface area contributed by atoms with Crippen LogP contribution >= 0.6 is 0 Å². The number of pyridine rings is 1. The van der Waals surface area contributed by atoms with Crippen LogP contribution in [0.1, 0.15) is 11.1 Å². The number of aliphatic hydroxyl groups excluding tert-OH is 1. The number of hydrogen-bond donors (Lipinski definition) is 1. The van der Waals surface area contributed by atoms with Crippen LogP contribution in [-0.2, 0) is 0 Å². The van der Waals surface area contributed by atoms with Gasteiger partial charge in [0.1, 0.15) is 6.61 Å². The molecule has 2 nitrogen and oxygen atoms in total. The number of halogens is 1. The highest BCUT2D eigenvalue weighted by Crippen LogP contribution is 2.04. The number of aryl methyl sites for hydroxylation is 1. The monoisotopic (exact) mass is 165 g/mol. The average molecular weight is 165 g/mol. The van der Waals surface area contributed by atoms with Gasteiger partial charge in [-0.15, -0.1) is 0 Å². The first-order chi connectivity index (χ1) is 5.74. The molecule has 0 aliphatic heterocycles. The van der Waals surface area contributed by atoms with E-state index in [1.807, 2.05) is 0 Å². The van der Waals surface area contributed by atoms with E-state index in [2.05, 4.69) is 16.8 Å².